The molecule has 20 heavy (non-hydrogen) atoms. The third-order valence-corrected chi connectivity index (χ3v) is 3.46. The highest BCUT2D eigenvalue weighted by Gasteiger charge is 2.20. The van der Waals surface area contributed by atoms with Gasteiger partial charge in [0.1, 0.15) is 5.75 Å². The highest BCUT2D eigenvalue weighted by molar-refractivity contribution is 5.55. The molecule has 0 aliphatic rings. The average molecular weight is 275 g/mol. The van der Waals surface area contributed by atoms with Crippen LogP contribution in [0.25, 0.3) is 11.4 Å². The molecule has 2 atom stereocenters. The molecule has 5 nitrogen and oxygen atoms in total. The van der Waals surface area contributed by atoms with E-state index in [-0.39, 0.29) is 5.92 Å². The predicted molar refractivity (Wildman–Crippen MR) is 77.8 cm³/mol. The van der Waals surface area contributed by atoms with Gasteiger partial charge in [-0.1, -0.05) is 19.0 Å². The zero-order valence-electron chi connectivity index (χ0n) is 12.4. The van der Waals surface area contributed by atoms with E-state index >= 15 is 0 Å². The van der Waals surface area contributed by atoms with E-state index in [1.54, 1.807) is 7.11 Å². The number of hydrogen-bond donors (Lipinski definition) is 1. The van der Waals surface area contributed by atoms with E-state index in [2.05, 4.69) is 36.2 Å². The molecule has 0 aliphatic heterocycles. The van der Waals surface area contributed by atoms with Crippen molar-refractivity contribution in [1.29, 1.82) is 0 Å². The Kier molecular flexibility index (Phi) is 4.74. The highest BCUT2D eigenvalue weighted by Crippen LogP contribution is 2.23. The third-order valence-electron chi connectivity index (χ3n) is 3.46. The molecule has 1 aromatic heterocycles. The summed E-state index contributed by atoms with van der Waals surface area (Å²) < 4.78 is 10.5. The van der Waals surface area contributed by atoms with Gasteiger partial charge in [0, 0.05) is 11.6 Å². The summed E-state index contributed by atoms with van der Waals surface area (Å²) in [6, 6.07) is 7.91. The van der Waals surface area contributed by atoms with Crippen molar-refractivity contribution in [2.75, 3.05) is 13.7 Å². The van der Waals surface area contributed by atoms with Crippen molar-refractivity contribution < 1.29 is 9.26 Å². The summed E-state index contributed by atoms with van der Waals surface area (Å²) in [4.78, 5) is 4.48. The Morgan fingerprint density at radius 1 is 1.25 bits per heavy atom. The molecule has 0 bridgehead atoms. The molecule has 0 saturated carbocycles. The maximum Gasteiger partial charge on any atom is 0.231 e. The van der Waals surface area contributed by atoms with E-state index in [0.717, 1.165) is 17.9 Å². The molecule has 1 heterocycles. The summed E-state index contributed by atoms with van der Waals surface area (Å²) in [6.07, 6.45) is 0. The van der Waals surface area contributed by atoms with Gasteiger partial charge in [0.2, 0.25) is 11.7 Å². The van der Waals surface area contributed by atoms with E-state index < -0.39 is 0 Å². The van der Waals surface area contributed by atoms with E-state index in [4.69, 9.17) is 9.26 Å². The molecule has 2 rings (SSSR count). The van der Waals surface area contributed by atoms with E-state index in [1.807, 2.05) is 24.3 Å². The van der Waals surface area contributed by atoms with E-state index in [9.17, 15) is 0 Å². The van der Waals surface area contributed by atoms with Crippen molar-refractivity contribution >= 4 is 0 Å². The molecular weight excluding hydrogens is 254 g/mol. The number of ether oxygens (including phenoxy) is 1. The SMILES string of the molecule is CCNC(C)C(C)c1nc(-c2ccc(OC)cc2)no1. The lowest BCUT2D eigenvalue weighted by Crippen LogP contribution is -2.30. The molecule has 1 aromatic carbocycles. The average Bonchev–Trinajstić information content (AvgIpc) is 2.96. The topological polar surface area (TPSA) is 60.2 Å². The zero-order chi connectivity index (χ0) is 14.5. The number of aromatic nitrogens is 2. The van der Waals surface area contributed by atoms with E-state index in [1.165, 1.54) is 0 Å². The minimum absolute atomic E-state index is 0.175. The lowest BCUT2D eigenvalue weighted by Gasteiger charge is -2.16. The Bertz CT molecular complexity index is 536. The Balaban J connectivity index is 2.15. The molecule has 0 spiro atoms. The van der Waals surface area contributed by atoms with Gasteiger partial charge >= 0.3 is 0 Å². The number of hydrogen-bond acceptors (Lipinski definition) is 5. The second kappa shape index (κ2) is 6.52. The third kappa shape index (κ3) is 3.17. The predicted octanol–water partition coefficient (Wildman–Crippen LogP) is 2.85. The van der Waals surface area contributed by atoms with Gasteiger partial charge < -0.3 is 14.6 Å². The first-order chi connectivity index (χ1) is 9.65. The fourth-order valence-corrected chi connectivity index (χ4v) is 1.99. The van der Waals surface area contributed by atoms with Crippen molar-refractivity contribution in [1.82, 2.24) is 15.5 Å². The van der Waals surface area contributed by atoms with Crippen LogP contribution in [0.1, 0.15) is 32.6 Å². The number of methoxy groups -OCH3 is 1. The fraction of sp³-hybridized carbons (Fsp3) is 0.467. The lowest BCUT2D eigenvalue weighted by molar-refractivity contribution is 0.332. The minimum Gasteiger partial charge on any atom is -0.497 e. The van der Waals surface area contributed by atoms with Crippen molar-refractivity contribution in [3.63, 3.8) is 0 Å². The van der Waals surface area contributed by atoms with Gasteiger partial charge in [0.25, 0.3) is 0 Å². The second-order valence-electron chi connectivity index (χ2n) is 4.82. The van der Waals surface area contributed by atoms with Gasteiger partial charge in [0.15, 0.2) is 0 Å². The lowest BCUT2D eigenvalue weighted by atomic mass is 10.0. The van der Waals surface area contributed by atoms with Gasteiger partial charge in [-0.05, 0) is 37.7 Å². The molecular formula is C15H21N3O2. The molecule has 2 aromatic rings. The van der Waals surface area contributed by atoms with Crippen LogP contribution in [-0.4, -0.2) is 29.8 Å². The number of likely N-dealkylation sites (N-methyl/N-ethyl adjacent to an activating group) is 1. The van der Waals surface area contributed by atoms with Gasteiger partial charge in [0.05, 0.1) is 13.0 Å². The summed E-state index contributed by atoms with van der Waals surface area (Å²) >= 11 is 0. The van der Waals surface area contributed by atoms with Crippen LogP contribution < -0.4 is 10.1 Å². The van der Waals surface area contributed by atoms with Crippen molar-refractivity contribution in [3.05, 3.63) is 30.2 Å². The Morgan fingerprint density at radius 2 is 1.95 bits per heavy atom. The number of rotatable bonds is 6. The minimum atomic E-state index is 0.175. The summed E-state index contributed by atoms with van der Waals surface area (Å²) in [6.45, 7) is 7.20. The smallest absolute Gasteiger partial charge is 0.231 e. The van der Waals surface area contributed by atoms with Crippen LogP contribution in [0.2, 0.25) is 0 Å². The van der Waals surface area contributed by atoms with Crippen LogP contribution in [0.5, 0.6) is 5.75 Å². The molecule has 1 N–H and O–H groups in total. The van der Waals surface area contributed by atoms with Gasteiger partial charge in [-0.15, -0.1) is 0 Å². The van der Waals surface area contributed by atoms with Gasteiger partial charge in [-0.25, -0.2) is 0 Å². The quantitative estimate of drug-likeness (QED) is 0.878. The molecule has 0 fully saturated rings. The number of nitrogens with zero attached hydrogens (tertiary/aromatic N) is 2. The summed E-state index contributed by atoms with van der Waals surface area (Å²) in [5, 5.41) is 7.41. The monoisotopic (exact) mass is 275 g/mol. The largest absolute Gasteiger partial charge is 0.497 e. The first-order valence-corrected chi connectivity index (χ1v) is 6.87. The molecule has 0 saturated heterocycles. The first-order valence-electron chi connectivity index (χ1n) is 6.87. The van der Waals surface area contributed by atoms with Crippen LogP contribution in [0.4, 0.5) is 0 Å². The standard InChI is InChI=1S/C15H21N3O2/c1-5-16-11(3)10(2)15-17-14(18-20-15)12-6-8-13(19-4)9-7-12/h6-11,16H,5H2,1-4H3. The second-order valence-corrected chi connectivity index (χ2v) is 4.82. The fourth-order valence-electron chi connectivity index (χ4n) is 1.99. The maximum absolute atomic E-state index is 5.37. The molecule has 108 valence electrons. The summed E-state index contributed by atoms with van der Waals surface area (Å²) in [5.74, 6) is 2.25. The summed E-state index contributed by atoms with van der Waals surface area (Å²) in [7, 11) is 1.64. The molecule has 5 heteroatoms. The van der Waals surface area contributed by atoms with Crippen LogP contribution in [0.15, 0.2) is 28.8 Å². The normalized spacial score (nSPS) is 14.0. The Hall–Kier alpha value is -1.88. The van der Waals surface area contributed by atoms with E-state index in [0.29, 0.717) is 17.8 Å². The molecule has 2 unspecified atom stereocenters. The highest BCUT2D eigenvalue weighted by atomic mass is 16.5. The van der Waals surface area contributed by atoms with Crippen molar-refractivity contribution in [2.45, 2.75) is 32.7 Å². The van der Waals surface area contributed by atoms with Crippen molar-refractivity contribution in [2.24, 2.45) is 0 Å². The van der Waals surface area contributed by atoms with Crippen LogP contribution in [-0.2, 0) is 0 Å². The molecule has 0 aliphatic carbocycles. The number of nitrogens with one attached hydrogen (secondary N) is 1. The number of benzene rings is 1. The zero-order valence-corrected chi connectivity index (χ0v) is 12.4. The van der Waals surface area contributed by atoms with Gasteiger partial charge in [-0.3, -0.25) is 0 Å². The maximum atomic E-state index is 5.37. The van der Waals surface area contributed by atoms with Crippen LogP contribution in [0.3, 0.4) is 0 Å². The molecule has 0 radical (unpaired) electrons. The van der Waals surface area contributed by atoms with Crippen LogP contribution >= 0.6 is 0 Å². The van der Waals surface area contributed by atoms with Crippen LogP contribution in [0, 0.1) is 0 Å². The summed E-state index contributed by atoms with van der Waals surface area (Å²) in [5.41, 5.74) is 0.920. The first kappa shape index (κ1) is 14.5. The Morgan fingerprint density at radius 3 is 2.55 bits per heavy atom. The van der Waals surface area contributed by atoms with Crippen molar-refractivity contribution in [3.8, 4) is 17.1 Å². The van der Waals surface area contributed by atoms with Gasteiger partial charge in [-0.2, -0.15) is 4.98 Å². The Labute approximate surface area is 119 Å². The molecule has 0 amide bonds.